The van der Waals surface area contributed by atoms with Crippen LogP contribution in [0.3, 0.4) is 0 Å². The Morgan fingerprint density at radius 1 is 1.06 bits per heavy atom. The first-order chi connectivity index (χ1) is 15.7. The second kappa shape index (κ2) is 11.3. The first-order valence-corrected chi connectivity index (χ1v) is 11.8. The zero-order valence-corrected chi connectivity index (χ0v) is 19.5. The fourth-order valence-electron chi connectivity index (χ4n) is 4.65. The van der Waals surface area contributed by atoms with Gasteiger partial charge in [0.1, 0.15) is 12.4 Å². The molecule has 0 saturated carbocycles. The van der Waals surface area contributed by atoms with Crippen molar-refractivity contribution in [3.8, 4) is 5.75 Å². The molecule has 5 nitrogen and oxygen atoms in total. The second-order valence-electron chi connectivity index (χ2n) is 9.09. The molecule has 1 aromatic heterocycles. The standard InChI is InChI=1S/C27H36N4O/c1-22-10-11-27-25(17-22)19-30(2)14-12-24(23-7-4-3-5-8-23)9-6-13-31(15-16-32-27)20-26-18-28-21-29-26/h3-5,7-8,10-11,17-18,21,24H,6,9,12-16,19-20H2,1-2H3,(H,28,29). The average Bonchev–Trinajstić information content (AvgIpc) is 3.30. The number of imidazole rings is 1. The number of nitrogens with zero attached hydrogens (tertiary/aromatic N) is 3. The molecule has 170 valence electrons. The SMILES string of the molecule is Cc1ccc2c(c1)CN(C)CCC(c1ccccc1)CCCN(Cc1cnc[nH]1)CCO2. The minimum absolute atomic E-state index is 0.587. The van der Waals surface area contributed by atoms with Crippen molar-refractivity contribution in [3.05, 3.63) is 83.4 Å². The minimum Gasteiger partial charge on any atom is -0.492 e. The summed E-state index contributed by atoms with van der Waals surface area (Å²) in [6.07, 6.45) is 7.23. The van der Waals surface area contributed by atoms with E-state index in [1.807, 2.05) is 6.20 Å². The Hall–Kier alpha value is -2.63. The van der Waals surface area contributed by atoms with Crippen molar-refractivity contribution in [2.45, 2.75) is 45.2 Å². The third-order valence-electron chi connectivity index (χ3n) is 6.43. The molecule has 2 heterocycles. The molecule has 0 fully saturated rings. The lowest BCUT2D eigenvalue weighted by atomic mass is 9.91. The fraction of sp³-hybridized carbons (Fsp3) is 0.444. The molecule has 1 N–H and O–H groups in total. The molecular weight excluding hydrogens is 396 g/mol. The Morgan fingerprint density at radius 3 is 2.75 bits per heavy atom. The zero-order chi connectivity index (χ0) is 22.2. The molecule has 0 amide bonds. The van der Waals surface area contributed by atoms with Crippen molar-refractivity contribution in [3.63, 3.8) is 0 Å². The van der Waals surface area contributed by atoms with Crippen LogP contribution >= 0.6 is 0 Å². The van der Waals surface area contributed by atoms with E-state index < -0.39 is 0 Å². The van der Waals surface area contributed by atoms with E-state index in [2.05, 4.69) is 82.3 Å². The molecule has 1 aliphatic heterocycles. The van der Waals surface area contributed by atoms with Crippen molar-refractivity contribution < 1.29 is 4.74 Å². The van der Waals surface area contributed by atoms with Gasteiger partial charge >= 0.3 is 0 Å². The number of ether oxygens (including phenoxy) is 1. The van der Waals surface area contributed by atoms with Crippen LogP contribution in [0.1, 0.15) is 47.6 Å². The highest BCUT2D eigenvalue weighted by Gasteiger charge is 2.16. The number of aryl methyl sites for hydroxylation is 1. The molecule has 32 heavy (non-hydrogen) atoms. The molecule has 1 atom stereocenters. The highest BCUT2D eigenvalue weighted by atomic mass is 16.5. The molecule has 0 radical (unpaired) electrons. The van der Waals surface area contributed by atoms with E-state index >= 15 is 0 Å². The minimum atomic E-state index is 0.587. The van der Waals surface area contributed by atoms with Gasteiger partial charge in [-0.05, 0) is 63.9 Å². The molecule has 1 unspecified atom stereocenters. The van der Waals surface area contributed by atoms with E-state index in [-0.39, 0.29) is 0 Å². The van der Waals surface area contributed by atoms with Crippen LogP contribution < -0.4 is 4.74 Å². The molecule has 0 spiro atoms. The Bertz CT molecular complexity index is 942. The molecule has 0 saturated heterocycles. The molecule has 1 aliphatic rings. The van der Waals surface area contributed by atoms with Gasteiger partial charge in [0.05, 0.1) is 6.33 Å². The van der Waals surface area contributed by atoms with Crippen molar-refractivity contribution >= 4 is 0 Å². The lowest BCUT2D eigenvalue weighted by Gasteiger charge is -2.27. The van der Waals surface area contributed by atoms with Crippen LogP contribution in [-0.2, 0) is 13.1 Å². The molecule has 5 heteroatoms. The Morgan fingerprint density at radius 2 is 1.94 bits per heavy atom. The molecule has 0 aliphatic carbocycles. The van der Waals surface area contributed by atoms with E-state index in [4.69, 9.17) is 4.74 Å². The summed E-state index contributed by atoms with van der Waals surface area (Å²) in [7, 11) is 2.23. The number of rotatable bonds is 3. The Kier molecular flexibility index (Phi) is 7.97. The number of aromatic amines is 1. The van der Waals surface area contributed by atoms with Gasteiger partial charge in [0.15, 0.2) is 0 Å². The predicted octanol–water partition coefficient (Wildman–Crippen LogP) is 5.00. The quantitative estimate of drug-likeness (QED) is 0.633. The summed E-state index contributed by atoms with van der Waals surface area (Å²) >= 11 is 0. The van der Waals surface area contributed by atoms with Crippen molar-refractivity contribution in [1.29, 1.82) is 0 Å². The zero-order valence-electron chi connectivity index (χ0n) is 19.5. The average molecular weight is 433 g/mol. The number of hydrogen-bond acceptors (Lipinski definition) is 4. The first kappa shape index (κ1) is 22.6. The summed E-state index contributed by atoms with van der Waals surface area (Å²) in [6.45, 7) is 7.67. The number of nitrogens with one attached hydrogen (secondary N) is 1. The first-order valence-electron chi connectivity index (χ1n) is 11.8. The largest absolute Gasteiger partial charge is 0.492 e. The van der Waals surface area contributed by atoms with Crippen LogP contribution in [0.5, 0.6) is 5.75 Å². The van der Waals surface area contributed by atoms with Gasteiger partial charge < -0.3 is 14.6 Å². The number of benzene rings is 2. The topological polar surface area (TPSA) is 44.4 Å². The Labute approximate surface area is 192 Å². The number of hydrogen-bond donors (Lipinski definition) is 1. The van der Waals surface area contributed by atoms with Gasteiger partial charge in [-0.25, -0.2) is 4.98 Å². The van der Waals surface area contributed by atoms with Gasteiger partial charge in [0.25, 0.3) is 0 Å². The molecule has 3 aromatic rings. The molecule has 0 bridgehead atoms. The van der Waals surface area contributed by atoms with Crippen molar-refractivity contribution in [2.24, 2.45) is 0 Å². The third kappa shape index (κ3) is 6.44. The number of fused-ring (bicyclic) bond motifs is 1. The van der Waals surface area contributed by atoms with Crippen molar-refractivity contribution in [2.75, 3.05) is 33.3 Å². The second-order valence-corrected chi connectivity index (χ2v) is 9.09. The van der Waals surface area contributed by atoms with Crippen LogP contribution in [0.4, 0.5) is 0 Å². The highest BCUT2D eigenvalue weighted by Crippen LogP contribution is 2.27. The summed E-state index contributed by atoms with van der Waals surface area (Å²) in [4.78, 5) is 12.4. The van der Waals surface area contributed by atoms with Crippen LogP contribution in [-0.4, -0.2) is 53.1 Å². The van der Waals surface area contributed by atoms with E-state index in [0.717, 1.165) is 44.2 Å². The van der Waals surface area contributed by atoms with Crippen LogP contribution in [0, 0.1) is 6.92 Å². The van der Waals surface area contributed by atoms with Gasteiger partial charge in [-0.1, -0.05) is 48.0 Å². The summed E-state index contributed by atoms with van der Waals surface area (Å²) < 4.78 is 6.28. The maximum Gasteiger partial charge on any atom is 0.123 e. The van der Waals surface area contributed by atoms with E-state index in [1.165, 1.54) is 36.0 Å². The van der Waals surface area contributed by atoms with Gasteiger partial charge in [0.2, 0.25) is 0 Å². The monoisotopic (exact) mass is 432 g/mol. The Balaban J connectivity index is 1.53. The third-order valence-corrected chi connectivity index (χ3v) is 6.43. The van der Waals surface area contributed by atoms with Crippen LogP contribution in [0.2, 0.25) is 0 Å². The summed E-state index contributed by atoms with van der Waals surface area (Å²) in [5, 5.41) is 0. The predicted molar refractivity (Wildman–Crippen MR) is 130 cm³/mol. The molecular formula is C27H36N4O. The lowest BCUT2D eigenvalue weighted by molar-refractivity contribution is 0.192. The number of H-pyrrole nitrogens is 1. The van der Waals surface area contributed by atoms with Crippen LogP contribution in [0.25, 0.3) is 0 Å². The van der Waals surface area contributed by atoms with Crippen molar-refractivity contribution in [1.82, 2.24) is 19.8 Å². The maximum absolute atomic E-state index is 6.28. The summed E-state index contributed by atoms with van der Waals surface area (Å²) in [5.74, 6) is 1.60. The summed E-state index contributed by atoms with van der Waals surface area (Å²) in [6, 6.07) is 17.6. The fourth-order valence-corrected chi connectivity index (χ4v) is 4.65. The van der Waals surface area contributed by atoms with Gasteiger partial charge in [-0.3, -0.25) is 4.90 Å². The van der Waals surface area contributed by atoms with Gasteiger partial charge in [-0.15, -0.1) is 0 Å². The smallest absolute Gasteiger partial charge is 0.123 e. The number of aromatic nitrogens is 2. The van der Waals surface area contributed by atoms with E-state index in [9.17, 15) is 0 Å². The van der Waals surface area contributed by atoms with Gasteiger partial charge in [0, 0.05) is 37.1 Å². The lowest BCUT2D eigenvalue weighted by Crippen LogP contribution is -2.30. The normalized spacial score (nSPS) is 19.6. The maximum atomic E-state index is 6.28. The highest BCUT2D eigenvalue weighted by molar-refractivity contribution is 5.37. The van der Waals surface area contributed by atoms with Gasteiger partial charge in [-0.2, -0.15) is 0 Å². The molecule has 4 rings (SSSR count). The summed E-state index contributed by atoms with van der Waals surface area (Å²) in [5.41, 5.74) is 5.18. The van der Waals surface area contributed by atoms with E-state index in [1.54, 1.807) is 6.33 Å². The molecule has 2 aromatic carbocycles. The van der Waals surface area contributed by atoms with E-state index in [0.29, 0.717) is 12.5 Å². The van der Waals surface area contributed by atoms with Crippen LogP contribution in [0.15, 0.2) is 61.1 Å².